The maximum absolute atomic E-state index is 12.1. The molecule has 2 N–H and O–H groups in total. The Labute approximate surface area is 66.4 Å². The van der Waals surface area contributed by atoms with Gasteiger partial charge in [0.05, 0.1) is 0 Å². The van der Waals surface area contributed by atoms with Gasteiger partial charge in [0.1, 0.15) is 5.76 Å². The van der Waals surface area contributed by atoms with Gasteiger partial charge in [-0.3, -0.25) is 0 Å². The van der Waals surface area contributed by atoms with Crippen LogP contribution in [0.5, 0.6) is 0 Å². The molecule has 12 heavy (non-hydrogen) atoms. The minimum Gasteiger partial charge on any atom is -0.428 e. The highest BCUT2D eigenvalue weighted by Gasteiger charge is 2.37. The summed E-state index contributed by atoms with van der Waals surface area (Å²) in [4.78, 5) is 3.04. The number of alkyl halides is 3. The zero-order valence-electron chi connectivity index (χ0n) is 6.27. The SMILES string of the molecule is CCc1oc(N)nc1C(F)(F)F. The Kier molecular flexibility index (Phi) is 1.99. The average molecular weight is 180 g/mol. The summed E-state index contributed by atoms with van der Waals surface area (Å²) < 4.78 is 40.7. The predicted octanol–water partition coefficient (Wildman–Crippen LogP) is 1.84. The summed E-state index contributed by atoms with van der Waals surface area (Å²) in [7, 11) is 0. The number of halogens is 3. The van der Waals surface area contributed by atoms with Gasteiger partial charge in [0, 0.05) is 6.42 Å². The molecule has 6 heteroatoms. The second kappa shape index (κ2) is 2.69. The van der Waals surface area contributed by atoms with Crippen LogP contribution < -0.4 is 5.73 Å². The number of aromatic nitrogens is 1. The standard InChI is InChI=1S/C6H7F3N2O/c1-2-3-4(6(7,8)9)11-5(10)12-3/h2H2,1H3,(H2,10,11). The Morgan fingerprint density at radius 3 is 2.42 bits per heavy atom. The van der Waals surface area contributed by atoms with Crippen molar-refractivity contribution in [2.75, 3.05) is 5.73 Å². The monoisotopic (exact) mass is 180 g/mol. The fourth-order valence-electron chi connectivity index (χ4n) is 0.831. The lowest BCUT2D eigenvalue weighted by molar-refractivity contribution is -0.141. The third kappa shape index (κ3) is 1.51. The maximum Gasteiger partial charge on any atom is 0.436 e. The number of rotatable bonds is 1. The van der Waals surface area contributed by atoms with Gasteiger partial charge in [-0.2, -0.15) is 18.2 Å². The lowest BCUT2D eigenvalue weighted by Gasteiger charge is -2.01. The largest absolute Gasteiger partial charge is 0.436 e. The molecule has 0 amide bonds. The van der Waals surface area contributed by atoms with E-state index in [1.54, 1.807) is 0 Å². The molecule has 1 heterocycles. The number of nitrogen functional groups attached to an aromatic ring is 1. The third-order valence-electron chi connectivity index (χ3n) is 1.30. The smallest absolute Gasteiger partial charge is 0.428 e. The summed E-state index contributed by atoms with van der Waals surface area (Å²) >= 11 is 0. The van der Waals surface area contributed by atoms with Crippen molar-refractivity contribution in [2.24, 2.45) is 0 Å². The molecule has 0 saturated heterocycles. The first kappa shape index (κ1) is 8.89. The number of oxazole rings is 1. The Morgan fingerprint density at radius 2 is 2.08 bits per heavy atom. The zero-order chi connectivity index (χ0) is 9.35. The maximum atomic E-state index is 12.1. The quantitative estimate of drug-likeness (QED) is 0.717. The van der Waals surface area contributed by atoms with Gasteiger partial charge < -0.3 is 10.2 Å². The van der Waals surface area contributed by atoms with E-state index < -0.39 is 17.9 Å². The number of hydrogen-bond donors (Lipinski definition) is 1. The minimum absolute atomic E-state index is 0.124. The molecule has 0 aromatic carbocycles. The van der Waals surface area contributed by atoms with E-state index in [2.05, 4.69) is 9.40 Å². The number of aryl methyl sites for hydroxylation is 1. The van der Waals surface area contributed by atoms with Gasteiger partial charge in [-0.05, 0) is 0 Å². The van der Waals surface area contributed by atoms with Crippen molar-refractivity contribution in [1.29, 1.82) is 0 Å². The number of nitrogens with zero attached hydrogens (tertiary/aromatic N) is 1. The number of hydrogen-bond acceptors (Lipinski definition) is 3. The van der Waals surface area contributed by atoms with Crippen molar-refractivity contribution in [2.45, 2.75) is 19.5 Å². The van der Waals surface area contributed by atoms with Crippen LogP contribution in [0.4, 0.5) is 19.2 Å². The molecule has 3 nitrogen and oxygen atoms in total. The third-order valence-corrected chi connectivity index (χ3v) is 1.30. The number of nitrogens with two attached hydrogens (primary N) is 1. The first-order valence-electron chi connectivity index (χ1n) is 3.27. The Morgan fingerprint density at radius 1 is 1.50 bits per heavy atom. The molecular formula is C6H7F3N2O. The molecule has 0 fully saturated rings. The summed E-state index contributed by atoms with van der Waals surface area (Å²) in [5.74, 6) is -0.222. The van der Waals surface area contributed by atoms with Gasteiger partial charge in [-0.25, -0.2) is 0 Å². The van der Waals surface area contributed by atoms with Crippen LogP contribution in [0.2, 0.25) is 0 Å². The summed E-state index contributed by atoms with van der Waals surface area (Å²) in [5.41, 5.74) is 3.95. The second-order valence-electron chi connectivity index (χ2n) is 2.18. The lowest BCUT2D eigenvalue weighted by Crippen LogP contribution is -2.08. The van der Waals surface area contributed by atoms with Gasteiger partial charge >= 0.3 is 6.18 Å². The summed E-state index contributed by atoms with van der Waals surface area (Å²) in [6.45, 7) is 1.54. The minimum atomic E-state index is -4.48. The van der Waals surface area contributed by atoms with Crippen molar-refractivity contribution in [1.82, 2.24) is 4.98 Å². The highest BCUT2D eigenvalue weighted by molar-refractivity contribution is 5.22. The summed E-state index contributed by atoms with van der Waals surface area (Å²) in [6.07, 6.45) is -4.36. The van der Waals surface area contributed by atoms with Crippen molar-refractivity contribution in [3.8, 4) is 0 Å². The zero-order valence-corrected chi connectivity index (χ0v) is 6.27. The second-order valence-corrected chi connectivity index (χ2v) is 2.18. The molecule has 0 aliphatic carbocycles. The van der Waals surface area contributed by atoms with Crippen LogP contribution in [0.25, 0.3) is 0 Å². The first-order valence-corrected chi connectivity index (χ1v) is 3.27. The van der Waals surface area contributed by atoms with Crippen LogP contribution in [0, 0.1) is 0 Å². The topological polar surface area (TPSA) is 52.0 Å². The molecule has 0 aliphatic heterocycles. The van der Waals surface area contributed by atoms with Crippen molar-refractivity contribution < 1.29 is 17.6 Å². The molecule has 1 aromatic rings. The molecule has 0 aliphatic rings. The Hall–Kier alpha value is -1.20. The molecule has 0 atom stereocenters. The van der Waals surface area contributed by atoms with Crippen LogP contribution in [-0.4, -0.2) is 4.98 Å². The van der Waals surface area contributed by atoms with Crippen LogP contribution in [-0.2, 0) is 12.6 Å². The van der Waals surface area contributed by atoms with Crippen molar-refractivity contribution in [3.05, 3.63) is 11.5 Å². The predicted molar refractivity (Wildman–Crippen MR) is 35.3 cm³/mol. The molecule has 0 bridgehead atoms. The number of anilines is 1. The fourth-order valence-corrected chi connectivity index (χ4v) is 0.831. The van der Waals surface area contributed by atoms with Crippen LogP contribution in [0.15, 0.2) is 4.42 Å². The van der Waals surface area contributed by atoms with Crippen LogP contribution in [0.1, 0.15) is 18.4 Å². The Bertz CT molecular complexity index is 279. The van der Waals surface area contributed by atoms with Gasteiger partial charge in [-0.15, -0.1) is 0 Å². The van der Waals surface area contributed by atoms with Crippen LogP contribution in [0.3, 0.4) is 0 Å². The van der Waals surface area contributed by atoms with E-state index in [9.17, 15) is 13.2 Å². The van der Waals surface area contributed by atoms with Gasteiger partial charge in [0.15, 0.2) is 5.69 Å². The molecular weight excluding hydrogens is 173 g/mol. The van der Waals surface area contributed by atoms with Crippen molar-refractivity contribution in [3.63, 3.8) is 0 Å². The molecule has 0 spiro atoms. The summed E-state index contributed by atoms with van der Waals surface area (Å²) in [5, 5.41) is 0. The normalized spacial score (nSPS) is 12.0. The molecule has 68 valence electrons. The Balaban J connectivity index is 3.13. The molecule has 1 rings (SSSR count). The molecule has 0 radical (unpaired) electrons. The van der Waals surface area contributed by atoms with Gasteiger partial charge in [-0.1, -0.05) is 6.92 Å². The molecule has 0 unspecified atom stereocenters. The van der Waals surface area contributed by atoms with Crippen molar-refractivity contribution >= 4 is 6.01 Å². The lowest BCUT2D eigenvalue weighted by atomic mass is 10.3. The van der Waals surface area contributed by atoms with E-state index in [1.807, 2.05) is 0 Å². The van der Waals surface area contributed by atoms with E-state index in [0.717, 1.165) is 0 Å². The van der Waals surface area contributed by atoms with E-state index >= 15 is 0 Å². The summed E-state index contributed by atoms with van der Waals surface area (Å²) in [6, 6.07) is -0.445. The van der Waals surface area contributed by atoms with Gasteiger partial charge in [0.25, 0.3) is 6.01 Å². The first-order chi connectivity index (χ1) is 5.45. The fraction of sp³-hybridized carbons (Fsp3) is 0.500. The van der Waals surface area contributed by atoms with E-state index in [0.29, 0.717) is 0 Å². The highest BCUT2D eigenvalue weighted by Crippen LogP contribution is 2.32. The highest BCUT2D eigenvalue weighted by atomic mass is 19.4. The molecule has 0 saturated carbocycles. The average Bonchev–Trinajstić information content (AvgIpc) is 2.29. The van der Waals surface area contributed by atoms with Gasteiger partial charge in [0.2, 0.25) is 0 Å². The van der Waals surface area contributed by atoms with Crippen LogP contribution >= 0.6 is 0 Å². The van der Waals surface area contributed by atoms with E-state index in [1.165, 1.54) is 6.92 Å². The van der Waals surface area contributed by atoms with E-state index in [-0.39, 0.29) is 12.2 Å². The molecule has 1 aromatic heterocycles. The van der Waals surface area contributed by atoms with E-state index in [4.69, 9.17) is 5.73 Å².